The van der Waals surface area contributed by atoms with Gasteiger partial charge in [-0.25, -0.2) is 0 Å². The van der Waals surface area contributed by atoms with Crippen molar-refractivity contribution in [2.75, 3.05) is 13.1 Å². The summed E-state index contributed by atoms with van der Waals surface area (Å²) >= 11 is 0. The lowest BCUT2D eigenvalue weighted by Gasteiger charge is -2.20. The minimum Gasteiger partial charge on any atom is -0.316 e. The van der Waals surface area contributed by atoms with Crippen LogP contribution < -0.4 is 5.32 Å². The van der Waals surface area contributed by atoms with Crippen molar-refractivity contribution in [2.24, 2.45) is 5.92 Å². The summed E-state index contributed by atoms with van der Waals surface area (Å²) in [6.45, 7) is 11.0. The van der Waals surface area contributed by atoms with Crippen molar-refractivity contribution in [1.82, 2.24) is 10.3 Å². The molecule has 16 heavy (non-hydrogen) atoms. The molecule has 1 heterocycles. The molecular weight excluding hydrogens is 196 g/mol. The van der Waals surface area contributed by atoms with E-state index in [9.17, 15) is 0 Å². The van der Waals surface area contributed by atoms with Gasteiger partial charge in [-0.1, -0.05) is 26.8 Å². The molecule has 0 aliphatic heterocycles. The van der Waals surface area contributed by atoms with E-state index in [2.05, 4.69) is 43.2 Å². The second-order valence-electron chi connectivity index (χ2n) is 4.70. The highest BCUT2D eigenvalue weighted by Gasteiger charge is 2.13. The lowest BCUT2D eigenvalue weighted by Crippen LogP contribution is -2.25. The van der Waals surface area contributed by atoms with E-state index >= 15 is 0 Å². The molecular formula is C14H24N2. The Morgan fingerprint density at radius 2 is 2.06 bits per heavy atom. The van der Waals surface area contributed by atoms with Gasteiger partial charge in [0.05, 0.1) is 0 Å². The number of hydrogen-bond acceptors (Lipinski definition) is 2. The van der Waals surface area contributed by atoms with Crippen LogP contribution in [0.4, 0.5) is 0 Å². The molecule has 0 radical (unpaired) electrons. The number of pyridine rings is 1. The summed E-state index contributed by atoms with van der Waals surface area (Å²) < 4.78 is 0. The third-order valence-electron chi connectivity index (χ3n) is 3.21. The van der Waals surface area contributed by atoms with Crippen molar-refractivity contribution in [3.8, 4) is 0 Å². The summed E-state index contributed by atoms with van der Waals surface area (Å²) in [7, 11) is 0. The van der Waals surface area contributed by atoms with Crippen LogP contribution in [0.25, 0.3) is 0 Å². The van der Waals surface area contributed by atoms with Gasteiger partial charge >= 0.3 is 0 Å². The topological polar surface area (TPSA) is 24.9 Å². The van der Waals surface area contributed by atoms with Crippen LogP contribution in [0, 0.1) is 12.8 Å². The maximum Gasteiger partial charge on any atom is 0.0372 e. The highest BCUT2D eigenvalue weighted by Crippen LogP contribution is 2.22. The summed E-state index contributed by atoms with van der Waals surface area (Å²) in [5, 5.41) is 3.48. The number of hydrogen-bond donors (Lipinski definition) is 1. The van der Waals surface area contributed by atoms with Crippen LogP contribution in [0.5, 0.6) is 0 Å². The number of aryl methyl sites for hydroxylation is 1. The van der Waals surface area contributed by atoms with Crippen LogP contribution >= 0.6 is 0 Å². The van der Waals surface area contributed by atoms with Crippen molar-refractivity contribution >= 4 is 0 Å². The number of nitrogens with one attached hydrogen (secondary N) is 1. The van der Waals surface area contributed by atoms with E-state index in [1.807, 2.05) is 13.1 Å². The first-order valence-corrected chi connectivity index (χ1v) is 6.28. The van der Waals surface area contributed by atoms with Gasteiger partial charge in [0.1, 0.15) is 0 Å². The molecule has 1 aromatic heterocycles. The van der Waals surface area contributed by atoms with Gasteiger partial charge < -0.3 is 5.32 Å². The summed E-state index contributed by atoms with van der Waals surface area (Å²) in [6.07, 6.45) is 3.21. The van der Waals surface area contributed by atoms with Crippen LogP contribution in [0.2, 0.25) is 0 Å². The molecule has 0 spiro atoms. The summed E-state index contributed by atoms with van der Waals surface area (Å²) in [4.78, 5) is 4.36. The number of rotatable bonds is 6. The van der Waals surface area contributed by atoms with Gasteiger partial charge in [-0.15, -0.1) is 0 Å². The first kappa shape index (κ1) is 13.2. The smallest absolute Gasteiger partial charge is 0.0372 e. The largest absolute Gasteiger partial charge is 0.316 e. The van der Waals surface area contributed by atoms with E-state index in [0.717, 1.165) is 18.8 Å². The number of nitrogens with zero attached hydrogens (tertiary/aromatic N) is 1. The monoisotopic (exact) mass is 220 g/mol. The molecule has 0 saturated carbocycles. The maximum atomic E-state index is 4.36. The molecule has 2 unspecified atom stereocenters. The number of aromatic nitrogens is 1. The third-order valence-corrected chi connectivity index (χ3v) is 3.21. The van der Waals surface area contributed by atoms with Crippen LogP contribution in [-0.2, 0) is 0 Å². The summed E-state index contributed by atoms with van der Waals surface area (Å²) in [6, 6.07) is 4.29. The Morgan fingerprint density at radius 1 is 1.31 bits per heavy atom. The lowest BCUT2D eigenvalue weighted by molar-refractivity contribution is 0.447. The zero-order chi connectivity index (χ0) is 12.0. The van der Waals surface area contributed by atoms with Gasteiger partial charge in [-0.05, 0) is 49.9 Å². The highest BCUT2D eigenvalue weighted by atomic mass is 14.8. The van der Waals surface area contributed by atoms with Gasteiger partial charge in [0.25, 0.3) is 0 Å². The van der Waals surface area contributed by atoms with E-state index in [1.54, 1.807) is 0 Å². The van der Waals surface area contributed by atoms with Crippen molar-refractivity contribution in [3.05, 3.63) is 29.6 Å². The molecule has 90 valence electrons. The molecule has 0 aliphatic rings. The normalized spacial score (nSPS) is 14.8. The average molecular weight is 220 g/mol. The molecule has 2 nitrogen and oxygen atoms in total. The molecule has 0 aromatic carbocycles. The van der Waals surface area contributed by atoms with E-state index in [1.165, 1.54) is 12.0 Å². The Morgan fingerprint density at radius 3 is 2.62 bits per heavy atom. The first-order valence-electron chi connectivity index (χ1n) is 6.28. The standard InChI is InChI=1S/C14H24N2/c1-5-8-15-9-11(2)13(4)14-7-6-12(3)16-10-14/h6-7,10-11,13,15H,5,8-9H2,1-4H3. The molecule has 0 aliphatic carbocycles. The highest BCUT2D eigenvalue weighted by molar-refractivity contribution is 5.17. The van der Waals surface area contributed by atoms with Gasteiger partial charge in [0.2, 0.25) is 0 Å². The summed E-state index contributed by atoms with van der Waals surface area (Å²) in [5.74, 6) is 1.22. The Bertz CT molecular complexity index is 292. The van der Waals surface area contributed by atoms with Crippen LogP contribution in [0.1, 0.15) is 44.4 Å². The van der Waals surface area contributed by atoms with Gasteiger partial charge in [0.15, 0.2) is 0 Å². The van der Waals surface area contributed by atoms with Crippen molar-refractivity contribution in [2.45, 2.75) is 40.0 Å². The predicted molar refractivity (Wildman–Crippen MR) is 69.7 cm³/mol. The molecule has 2 atom stereocenters. The van der Waals surface area contributed by atoms with Crippen molar-refractivity contribution < 1.29 is 0 Å². The molecule has 1 aromatic rings. The molecule has 0 amide bonds. The second-order valence-corrected chi connectivity index (χ2v) is 4.70. The minimum absolute atomic E-state index is 0.567. The van der Waals surface area contributed by atoms with Gasteiger partial charge in [0, 0.05) is 11.9 Å². The molecule has 0 fully saturated rings. The SMILES string of the molecule is CCCNCC(C)C(C)c1ccc(C)nc1. The van der Waals surface area contributed by atoms with E-state index in [0.29, 0.717) is 11.8 Å². The molecule has 0 bridgehead atoms. The lowest BCUT2D eigenvalue weighted by atomic mass is 9.90. The predicted octanol–water partition coefficient (Wildman–Crippen LogP) is 3.13. The van der Waals surface area contributed by atoms with Gasteiger partial charge in [-0.3, -0.25) is 4.98 Å². The fraction of sp³-hybridized carbons (Fsp3) is 0.643. The minimum atomic E-state index is 0.567. The third kappa shape index (κ3) is 3.93. The van der Waals surface area contributed by atoms with E-state index in [4.69, 9.17) is 0 Å². The molecule has 0 saturated heterocycles. The Labute approximate surface area is 99.5 Å². The fourth-order valence-electron chi connectivity index (χ4n) is 1.76. The molecule has 1 N–H and O–H groups in total. The Kier molecular flexibility index (Phi) is 5.47. The quantitative estimate of drug-likeness (QED) is 0.745. The van der Waals surface area contributed by atoms with Crippen molar-refractivity contribution in [3.63, 3.8) is 0 Å². The second kappa shape index (κ2) is 6.64. The van der Waals surface area contributed by atoms with E-state index < -0.39 is 0 Å². The van der Waals surface area contributed by atoms with Crippen LogP contribution in [-0.4, -0.2) is 18.1 Å². The zero-order valence-corrected chi connectivity index (χ0v) is 11.0. The Hall–Kier alpha value is -0.890. The average Bonchev–Trinajstić information content (AvgIpc) is 2.29. The zero-order valence-electron chi connectivity index (χ0n) is 11.0. The van der Waals surface area contributed by atoms with Crippen LogP contribution in [0.3, 0.4) is 0 Å². The van der Waals surface area contributed by atoms with E-state index in [-0.39, 0.29) is 0 Å². The molecule has 2 heteroatoms. The Balaban J connectivity index is 2.49. The fourth-order valence-corrected chi connectivity index (χ4v) is 1.76. The van der Waals surface area contributed by atoms with Gasteiger partial charge in [-0.2, -0.15) is 0 Å². The molecule has 1 rings (SSSR count). The maximum absolute atomic E-state index is 4.36. The van der Waals surface area contributed by atoms with Crippen LogP contribution in [0.15, 0.2) is 18.3 Å². The summed E-state index contributed by atoms with van der Waals surface area (Å²) in [5.41, 5.74) is 2.43. The first-order chi connectivity index (χ1) is 7.65. The van der Waals surface area contributed by atoms with Crippen molar-refractivity contribution in [1.29, 1.82) is 0 Å².